The van der Waals surface area contributed by atoms with E-state index in [-0.39, 0.29) is 5.71 Å². The minimum atomic E-state index is 0.220. The molecule has 0 aromatic carbocycles. The number of rotatable bonds is 3. The van der Waals surface area contributed by atoms with Crippen molar-refractivity contribution in [3.8, 4) is 0 Å². The second kappa shape index (κ2) is 5.02. The van der Waals surface area contributed by atoms with Crippen molar-refractivity contribution in [1.82, 2.24) is 0 Å². The van der Waals surface area contributed by atoms with Crippen LogP contribution in [0.25, 0.3) is 0 Å². The molecule has 0 amide bonds. The smallest absolute Gasteiger partial charge is 0.0795 e. The van der Waals surface area contributed by atoms with Crippen molar-refractivity contribution in [2.24, 2.45) is 0 Å². The van der Waals surface area contributed by atoms with Gasteiger partial charge in [0.15, 0.2) is 0 Å². The Morgan fingerprint density at radius 1 is 1.27 bits per heavy atom. The Morgan fingerprint density at radius 2 is 1.82 bits per heavy atom. The first-order valence-corrected chi connectivity index (χ1v) is 4.04. The van der Waals surface area contributed by atoms with Crippen molar-refractivity contribution in [3.63, 3.8) is 0 Å². The molecule has 0 aromatic rings. The fourth-order valence-electron chi connectivity index (χ4n) is 0.655. The molecule has 0 radical (unpaired) electrons. The Kier molecular flexibility index (Phi) is 4.70. The van der Waals surface area contributed by atoms with Crippen LogP contribution in [-0.4, -0.2) is 11.9 Å². The van der Waals surface area contributed by atoms with E-state index in [9.17, 15) is 0 Å². The Hall–Kier alpha value is -0.700. The molecule has 2 nitrogen and oxygen atoms in total. The number of halogens is 1. The summed E-state index contributed by atoms with van der Waals surface area (Å²) in [5, 5.41) is 14.2. The van der Waals surface area contributed by atoms with Gasteiger partial charge in [0, 0.05) is 16.3 Å². The van der Waals surface area contributed by atoms with Crippen molar-refractivity contribution in [3.05, 3.63) is 22.2 Å². The van der Waals surface area contributed by atoms with Crippen LogP contribution in [0.1, 0.15) is 13.8 Å². The molecule has 0 saturated heterocycles. The van der Waals surface area contributed by atoms with E-state index in [0.717, 1.165) is 16.3 Å². The normalized spacial score (nSPS) is 13.0. The predicted octanol–water partition coefficient (Wildman–Crippen LogP) is 2.90. The van der Waals surface area contributed by atoms with Gasteiger partial charge in [-0.05, 0) is 13.8 Å². The van der Waals surface area contributed by atoms with Crippen LogP contribution in [0, 0.1) is 10.8 Å². The summed E-state index contributed by atoms with van der Waals surface area (Å²) in [5.41, 5.74) is 0.972. The second-order valence-electron chi connectivity index (χ2n) is 1.90. The molecule has 3 heteroatoms. The monoisotopic (exact) mass is 214 g/mol. The summed E-state index contributed by atoms with van der Waals surface area (Å²) in [4.78, 5) is 0. The predicted molar refractivity (Wildman–Crippen MR) is 53.0 cm³/mol. The van der Waals surface area contributed by atoms with Gasteiger partial charge in [0.25, 0.3) is 0 Å². The summed E-state index contributed by atoms with van der Waals surface area (Å²) in [6.07, 6.45) is 4.69. The lowest BCUT2D eigenvalue weighted by Gasteiger charge is -2.01. The van der Waals surface area contributed by atoms with E-state index in [4.69, 9.17) is 10.8 Å². The maximum atomic E-state index is 7.35. The fraction of sp³-hybridized carbons (Fsp3) is 0.250. The van der Waals surface area contributed by atoms with Gasteiger partial charge >= 0.3 is 0 Å². The summed E-state index contributed by atoms with van der Waals surface area (Å²) < 4.78 is 0.855. The van der Waals surface area contributed by atoms with Crippen LogP contribution in [0.3, 0.4) is 0 Å². The number of hydrogen-bond acceptors (Lipinski definition) is 2. The lowest BCUT2D eigenvalue weighted by atomic mass is 10.1. The van der Waals surface area contributed by atoms with Crippen LogP contribution in [0.4, 0.5) is 0 Å². The van der Waals surface area contributed by atoms with Gasteiger partial charge in [-0.1, -0.05) is 28.1 Å². The zero-order valence-electron chi connectivity index (χ0n) is 6.61. The van der Waals surface area contributed by atoms with E-state index in [1.165, 1.54) is 0 Å². The van der Waals surface area contributed by atoms with E-state index in [1.807, 2.05) is 19.9 Å². The van der Waals surface area contributed by atoms with E-state index in [2.05, 4.69) is 15.9 Å². The van der Waals surface area contributed by atoms with Crippen LogP contribution < -0.4 is 0 Å². The molecule has 2 N–H and O–H groups in total. The third-order valence-corrected chi connectivity index (χ3v) is 2.12. The maximum absolute atomic E-state index is 7.35. The first-order chi connectivity index (χ1) is 5.17. The minimum Gasteiger partial charge on any atom is -0.307 e. The van der Waals surface area contributed by atoms with Crippen LogP contribution in [0.5, 0.6) is 0 Å². The van der Waals surface area contributed by atoms with E-state index in [0.29, 0.717) is 0 Å². The van der Waals surface area contributed by atoms with E-state index < -0.39 is 0 Å². The summed E-state index contributed by atoms with van der Waals surface area (Å²) in [7, 11) is 0. The molecule has 0 aliphatic heterocycles. The molecule has 0 atom stereocenters. The summed E-state index contributed by atoms with van der Waals surface area (Å²) in [6.45, 7) is 3.73. The average Bonchev–Trinajstić information content (AvgIpc) is 2.05. The highest BCUT2D eigenvalue weighted by Gasteiger charge is 2.02. The summed E-state index contributed by atoms with van der Waals surface area (Å²) >= 11 is 3.29. The van der Waals surface area contributed by atoms with Crippen molar-refractivity contribution >= 4 is 27.9 Å². The molecule has 0 bridgehead atoms. The van der Waals surface area contributed by atoms with Crippen molar-refractivity contribution in [2.45, 2.75) is 13.8 Å². The Morgan fingerprint density at radius 3 is 2.09 bits per heavy atom. The summed E-state index contributed by atoms with van der Waals surface area (Å²) in [5.74, 6) is 0. The Bertz CT molecular complexity index is 222. The van der Waals surface area contributed by atoms with Gasteiger partial charge in [0.2, 0.25) is 0 Å². The van der Waals surface area contributed by atoms with Gasteiger partial charge in [-0.25, -0.2) is 0 Å². The van der Waals surface area contributed by atoms with Crippen LogP contribution in [0.2, 0.25) is 0 Å². The molecule has 0 heterocycles. The van der Waals surface area contributed by atoms with Crippen molar-refractivity contribution in [2.75, 3.05) is 0 Å². The molecule has 0 aromatic heterocycles. The van der Waals surface area contributed by atoms with Gasteiger partial charge in [-0.3, -0.25) is 5.41 Å². The first-order valence-electron chi connectivity index (χ1n) is 3.25. The molecular formula is C8H11BrN2. The van der Waals surface area contributed by atoms with Gasteiger partial charge in [0.05, 0.1) is 5.71 Å². The standard InChI is InChI=1S/C8H11BrN2/c1-3-6(7(9)4-2)8(11)5-10/h3-5,10-11H,1-2H3/b6-3-,7-4+,10-5?,11-8?. The summed E-state index contributed by atoms with van der Waals surface area (Å²) in [6, 6.07) is 0. The molecule has 0 saturated carbocycles. The third kappa shape index (κ3) is 2.80. The first kappa shape index (κ1) is 10.3. The van der Waals surface area contributed by atoms with Gasteiger partial charge in [0.1, 0.15) is 0 Å². The van der Waals surface area contributed by atoms with Crippen LogP contribution in [0.15, 0.2) is 22.2 Å². The van der Waals surface area contributed by atoms with Gasteiger partial charge in [-0.2, -0.15) is 0 Å². The molecule has 0 fully saturated rings. The molecule has 0 aliphatic carbocycles. The van der Waals surface area contributed by atoms with Crippen molar-refractivity contribution in [1.29, 1.82) is 10.8 Å². The highest BCUT2D eigenvalue weighted by atomic mass is 79.9. The zero-order valence-corrected chi connectivity index (χ0v) is 8.20. The maximum Gasteiger partial charge on any atom is 0.0795 e. The number of hydrogen-bond donors (Lipinski definition) is 2. The lowest BCUT2D eigenvalue weighted by Crippen LogP contribution is -2.01. The average molecular weight is 215 g/mol. The van der Waals surface area contributed by atoms with Gasteiger partial charge in [-0.15, -0.1) is 0 Å². The largest absolute Gasteiger partial charge is 0.307 e. The third-order valence-electron chi connectivity index (χ3n) is 1.23. The zero-order chi connectivity index (χ0) is 8.85. The molecular weight excluding hydrogens is 204 g/mol. The second-order valence-corrected chi connectivity index (χ2v) is 2.75. The quantitative estimate of drug-likeness (QED) is 0.537. The highest BCUT2D eigenvalue weighted by Crippen LogP contribution is 2.16. The molecule has 0 aliphatic rings. The molecule has 60 valence electrons. The number of nitrogens with one attached hydrogen (secondary N) is 2. The molecule has 11 heavy (non-hydrogen) atoms. The van der Waals surface area contributed by atoms with E-state index >= 15 is 0 Å². The topological polar surface area (TPSA) is 47.7 Å². The van der Waals surface area contributed by atoms with Crippen molar-refractivity contribution < 1.29 is 0 Å². The van der Waals surface area contributed by atoms with Gasteiger partial charge < -0.3 is 5.41 Å². The lowest BCUT2D eigenvalue weighted by molar-refractivity contribution is 1.48. The van der Waals surface area contributed by atoms with E-state index in [1.54, 1.807) is 6.08 Å². The molecule has 0 spiro atoms. The number of allylic oxidation sites excluding steroid dienone is 4. The minimum absolute atomic E-state index is 0.220. The Labute approximate surface area is 75.2 Å². The highest BCUT2D eigenvalue weighted by molar-refractivity contribution is 9.12. The SMILES string of the molecule is C/C=C(Br)\C(=C\C)C(=N)C=N. The molecule has 0 rings (SSSR count). The van der Waals surface area contributed by atoms with Crippen LogP contribution >= 0.6 is 15.9 Å². The fourth-order valence-corrected chi connectivity index (χ4v) is 1.10. The molecule has 0 unspecified atom stereocenters. The Balaban J connectivity index is 4.71. The van der Waals surface area contributed by atoms with Crippen LogP contribution in [-0.2, 0) is 0 Å².